The first kappa shape index (κ1) is 22.4. The van der Waals surface area contributed by atoms with E-state index in [4.69, 9.17) is 9.72 Å². The maximum atomic E-state index is 5.32. The van der Waals surface area contributed by atoms with Crippen LogP contribution in [0.15, 0.2) is 78.9 Å². The van der Waals surface area contributed by atoms with Gasteiger partial charge in [-0.05, 0) is 98.9 Å². The van der Waals surface area contributed by atoms with Crippen LogP contribution in [-0.4, -0.2) is 36.6 Å². The molecule has 0 unspecified atom stereocenters. The Bertz CT molecular complexity index is 1240. The van der Waals surface area contributed by atoms with Crippen LogP contribution in [0, 0.1) is 5.92 Å². The number of likely N-dealkylation sites (tertiary alicyclic amines) is 1. The number of piperidine rings is 1. The molecule has 1 aliphatic rings. The lowest BCUT2D eigenvalue weighted by atomic mass is 9.90. The van der Waals surface area contributed by atoms with Gasteiger partial charge in [-0.3, -0.25) is 0 Å². The third-order valence-electron chi connectivity index (χ3n) is 6.99. The molecule has 0 bridgehead atoms. The van der Waals surface area contributed by atoms with Crippen molar-refractivity contribution >= 4 is 22.3 Å². The molecule has 4 nitrogen and oxygen atoms in total. The number of para-hydroxylation sites is 1. The molecule has 0 aliphatic carbocycles. The first-order valence-electron chi connectivity index (χ1n) is 12.3. The topological polar surface area (TPSA) is 37.4 Å². The van der Waals surface area contributed by atoms with Gasteiger partial charge in [-0.1, -0.05) is 37.3 Å². The molecular formula is C30H33N3O. The van der Waals surface area contributed by atoms with E-state index in [0.717, 1.165) is 51.6 Å². The minimum atomic E-state index is 0.779. The number of benzene rings is 3. The molecule has 174 valence electrons. The van der Waals surface area contributed by atoms with E-state index < -0.39 is 0 Å². The molecule has 3 aromatic carbocycles. The Morgan fingerprint density at radius 3 is 2.50 bits per heavy atom. The molecule has 0 amide bonds. The Labute approximate surface area is 202 Å². The van der Waals surface area contributed by atoms with E-state index in [9.17, 15) is 0 Å². The van der Waals surface area contributed by atoms with Gasteiger partial charge >= 0.3 is 0 Å². The Morgan fingerprint density at radius 2 is 1.74 bits per heavy atom. The molecule has 4 aromatic rings. The average Bonchev–Trinajstić information content (AvgIpc) is 2.89. The van der Waals surface area contributed by atoms with Crippen molar-refractivity contribution in [2.24, 2.45) is 5.92 Å². The van der Waals surface area contributed by atoms with E-state index in [1.165, 1.54) is 38.0 Å². The Balaban J connectivity index is 1.40. The van der Waals surface area contributed by atoms with E-state index in [1.807, 2.05) is 18.2 Å². The molecule has 0 atom stereocenters. The van der Waals surface area contributed by atoms with Gasteiger partial charge in [-0.15, -0.1) is 0 Å². The van der Waals surface area contributed by atoms with Gasteiger partial charge in [-0.25, -0.2) is 4.98 Å². The van der Waals surface area contributed by atoms with Crippen molar-refractivity contribution in [1.29, 1.82) is 0 Å². The van der Waals surface area contributed by atoms with E-state index in [2.05, 4.69) is 77.8 Å². The zero-order valence-corrected chi connectivity index (χ0v) is 20.1. The summed E-state index contributed by atoms with van der Waals surface area (Å²) < 4.78 is 5.32. The lowest BCUT2D eigenvalue weighted by Crippen LogP contribution is -2.34. The first-order valence-corrected chi connectivity index (χ1v) is 12.3. The smallest absolute Gasteiger partial charge is 0.118 e. The number of hydrogen-bond acceptors (Lipinski definition) is 4. The summed E-state index contributed by atoms with van der Waals surface area (Å²) in [6.07, 6.45) is 3.75. The van der Waals surface area contributed by atoms with Gasteiger partial charge < -0.3 is 15.0 Å². The second-order valence-electron chi connectivity index (χ2n) is 9.21. The van der Waals surface area contributed by atoms with Crippen molar-refractivity contribution in [3.8, 4) is 17.0 Å². The number of nitrogens with zero attached hydrogens (tertiary/aromatic N) is 2. The van der Waals surface area contributed by atoms with Crippen molar-refractivity contribution in [2.45, 2.75) is 26.2 Å². The summed E-state index contributed by atoms with van der Waals surface area (Å²) in [7, 11) is 1.69. The number of pyridine rings is 1. The molecule has 1 aliphatic heterocycles. The zero-order chi connectivity index (χ0) is 23.3. The van der Waals surface area contributed by atoms with Gasteiger partial charge in [0.2, 0.25) is 0 Å². The van der Waals surface area contributed by atoms with Crippen LogP contribution in [0.3, 0.4) is 0 Å². The molecule has 1 aromatic heterocycles. The Morgan fingerprint density at radius 1 is 0.941 bits per heavy atom. The molecule has 34 heavy (non-hydrogen) atoms. The van der Waals surface area contributed by atoms with Crippen molar-refractivity contribution < 1.29 is 4.74 Å². The molecule has 1 N–H and O–H groups in total. The third kappa shape index (κ3) is 5.07. The predicted octanol–water partition coefficient (Wildman–Crippen LogP) is 6.93. The summed E-state index contributed by atoms with van der Waals surface area (Å²) in [6, 6.07) is 27.5. The third-order valence-corrected chi connectivity index (χ3v) is 6.99. The van der Waals surface area contributed by atoms with Crippen LogP contribution in [0.4, 0.5) is 11.4 Å². The largest absolute Gasteiger partial charge is 0.497 e. The molecular weight excluding hydrogens is 418 g/mol. The maximum Gasteiger partial charge on any atom is 0.118 e. The number of ether oxygens (including phenoxy) is 1. The lowest BCUT2D eigenvalue weighted by Gasteiger charge is -2.31. The fourth-order valence-corrected chi connectivity index (χ4v) is 4.96. The van der Waals surface area contributed by atoms with E-state index in [-0.39, 0.29) is 0 Å². The second-order valence-corrected chi connectivity index (χ2v) is 9.21. The predicted molar refractivity (Wildman–Crippen MR) is 142 cm³/mol. The molecule has 4 heteroatoms. The minimum Gasteiger partial charge on any atom is -0.497 e. The van der Waals surface area contributed by atoms with Crippen LogP contribution in [0.25, 0.3) is 22.2 Å². The van der Waals surface area contributed by atoms with Crippen molar-refractivity contribution in [3.05, 3.63) is 84.4 Å². The summed E-state index contributed by atoms with van der Waals surface area (Å²) in [4.78, 5) is 7.49. The summed E-state index contributed by atoms with van der Waals surface area (Å²) >= 11 is 0. The monoisotopic (exact) mass is 451 g/mol. The van der Waals surface area contributed by atoms with Crippen molar-refractivity contribution in [3.63, 3.8) is 0 Å². The highest BCUT2D eigenvalue weighted by Gasteiger charge is 2.18. The molecule has 0 saturated carbocycles. The highest BCUT2D eigenvalue weighted by molar-refractivity contribution is 5.95. The number of anilines is 2. The van der Waals surface area contributed by atoms with Gasteiger partial charge in [0, 0.05) is 16.6 Å². The maximum absolute atomic E-state index is 5.32. The highest BCUT2D eigenvalue weighted by Crippen LogP contribution is 2.32. The van der Waals surface area contributed by atoms with E-state index in [1.54, 1.807) is 7.11 Å². The number of aromatic nitrogens is 1. The fourth-order valence-electron chi connectivity index (χ4n) is 4.96. The normalized spacial score (nSPS) is 14.9. The van der Waals surface area contributed by atoms with E-state index >= 15 is 0 Å². The van der Waals surface area contributed by atoms with Gasteiger partial charge in [0.25, 0.3) is 0 Å². The van der Waals surface area contributed by atoms with Crippen LogP contribution in [-0.2, 0) is 6.42 Å². The number of hydrogen-bond donors (Lipinski definition) is 1. The van der Waals surface area contributed by atoms with Crippen LogP contribution >= 0.6 is 0 Å². The number of fused-ring (bicyclic) bond motifs is 1. The molecule has 5 rings (SSSR count). The van der Waals surface area contributed by atoms with Crippen molar-refractivity contribution in [1.82, 2.24) is 9.88 Å². The number of rotatable bonds is 7. The van der Waals surface area contributed by atoms with Crippen LogP contribution in [0.5, 0.6) is 5.75 Å². The number of nitrogens with one attached hydrogen (secondary N) is 1. The summed E-state index contributed by atoms with van der Waals surface area (Å²) in [5.41, 5.74) is 6.61. The molecule has 1 saturated heterocycles. The molecule has 0 radical (unpaired) electrons. The molecule has 0 spiro atoms. The molecule has 2 heterocycles. The number of methoxy groups -OCH3 is 1. The summed E-state index contributed by atoms with van der Waals surface area (Å²) in [5, 5.41) is 4.82. The van der Waals surface area contributed by atoms with Crippen LogP contribution in [0.1, 0.15) is 25.3 Å². The Hall–Kier alpha value is -3.37. The van der Waals surface area contributed by atoms with Gasteiger partial charge in [-0.2, -0.15) is 0 Å². The first-order chi connectivity index (χ1) is 16.7. The highest BCUT2D eigenvalue weighted by atomic mass is 16.5. The van der Waals surface area contributed by atoms with Crippen LogP contribution < -0.4 is 10.1 Å². The van der Waals surface area contributed by atoms with Crippen LogP contribution in [0.2, 0.25) is 0 Å². The van der Waals surface area contributed by atoms with Gasteiger partial charge in [0.05, 0.1) is 24.0 Å². The standard InChI is InChI=1S/C30H33N3O/c1-3-33-17-15-22(16-18-33)19-23-7-6-8-25(20-23)31-30-21-29(24-11-13-26(34-2)14-12-24)32-28-10-5-4-9-27(28)30/h4-14,20-22H,3,15-19H2,1-2H3,(H,31,32). The second kappa shape index (κ2) is 10.3. The SMILES string of the molecule is CCN1CCC(Cc2cccc(Nc3cc(-c4ccc(OC)cc4)nc4ccccc34)c2)CC1. The van der Waals surface area contributed by atoms with Gasteiger partial charge in [0.1, 0.15) is 5.75 Å². The lowest BCUT2D eigenvalue weighted by molar-refractivity contribution is 0.192. The quantitative estimate of drug-likeness (QED) is 0.331. The zero-order valence-electron chi connectivity index (χ0n) is 20.1. The Kier molecular flexibility index (Phi) is 6.77. The van der Waals surface area contributed by atoms with Gasteiger partial charge in [0.15, 0.2) is 0 Å². The van der Waals surface area contributed by atoms with E-state index in [0.29, 0.717) is 0 Å². The average molecular weight is 452 g/mol. The summed E-state index contributed by atoms with van der Waals surface area (Å²) in [5.74, 6) is 1.63. The minimum absolute atomic E-state index is 0.779. The molecule has 1 fully saturated rings. The fraction of sp³-hybridized carbons (Fsp3) is 0.300. The summed E-state index contributed by atoms with van der Waals surface area (Å²) in [6.45, 7) is 5.90. The van der Waals surface area contributed by atoms with Crippen molar-refractivity contribution in [2.75, 3.05) is 32.1 Å².